The van der Waals surface area contributed by atoms with Crippen LogP contribution in [0.4, 0.5) is 4.39 Å². The van der Waals surface area contributed by atoms with Gasteiger partial charge in [0.2, 0.25) is 0 Å². The molecule has 1 unspecified atom stereocenters. The maximum atomic E-state index is 13.6. The first-order chi connectivity index (χ1) is 14.6. The van der Waals surface area contributed by atoms with Crippen molar-refractivity contribution >= 4 is 16.9 Å². The Morgan fingerprint density at radius 1 is 1.33 bits per heavy atom. The minimum absolute atomic E-state index is 0.194. The van der Waals surface area contributed by atoms with Gasteiger partial charge in [0.25, 0.3) is 5.91 Å². The Bertz CT molecular complexity index is 1030. The Labute approximate surface area is 175 Å². The molecule has 7 heteroatoms. The number of benzene rings is 2. The summed E-state index contributed by atoms with van der Waals surface area (Å²) in [6, 6.07) is 12.3. The van der Waals surface area contributed by atoms with Crippen LogP contribution >= 0.6 is 0 Å². The van der Waals surface area contributed by atoms with E-state index in [9.17, 15) is 9.18 Å². The van der Waals surface area contributed by atoms with E-state index in [0.29, 0.717) is 30.2 Å². The van der Waals surface area contributed by atoms with Gasteiger partial charge in [0, 0.05) is 24.7 Å². The molecule has 1 saturated heterocycles. The zero-order chi connectivity index (χ0) is 21.1. The van der Waals surface area contributed by atoms with Crippen LogP contribution in [0.3, 0.4) is 0 Å². The second-order valence-corrected chi connectivity index (χ2v) is 7.67. The normalized spacial score (nSPS) is 16.8. The third-order valence-corrected chi connectivity index (χ3v) is 5.82. The highest BCUT2D eigenvalue weighted by Crippen LogP contribution is 2.24. The topological polar surface area (TPSA) is 61.5 Å². The van der Waals surface area contributed by atoms with Gasteiger partial charge < -0.3 is 14.6 Å². The van der Waals surface area contributed by atoms with E-state index in [1.165, 1.54) is 12.1 Å². The molecule has 3 aromatic rings. The van der Waals surface area contributed by atoms with Crippen molar-refractivity contribution in [3.63, 3.8) is 0 Å². The van der Waals surface area contributed by atoms with Crippen molar-refractivity contribution in [2.24, 2.45) is 0 Å². The molecule has 0 radical (unpaired) electrons. The standard InChI is InChI=1S/C23H27FN4O2/c1-3-27-12-6-8-18(27)15-28(14-16-7-4-5-9-21(16)30-2)23(29)22-25-19-11-10-17(24)13-20(19)26-22/h4-5,7,9-11,13,18H,3,6,8,12,14-15H2,1-2H3,(H,25,26). The van der Waals surface area contributed by atoms with Gasteiger partial charge in [0.1, 0.15) is 11.6 Å². The van der Waals surface area contributed by atoms with Crippen LogP contribution in [0.15, 0.2) is 42.5 Å². The van der Waals surface area contributed by atoms with Gasteiger partial charge in [-0.3, -0.25) is 9.69 Å². The molecule has 2 heterocycles. The van der Waals surface area contributed by atoms with Crippen LogP contribution in [0.2, 0.25) is 0 Å². The molecule has 4 rings (SSSR count). The average Bonchev–Trinajstić information content (AvgIpc) is 3.39. The summed E-state index contributed by atoms with van der Waals surface area (Å²) in [5.41, 5.74) is 2.04. The quantitative estimate of drug-likeness (QED) is 0.643. The Morgan fingerprint density at radius 3 is 2.97 bits per heavy atom. The largest absolute Gasteiger partial charge is 0.496 e. The summed E-state index contributed by atoms with van der Waals surface area (Å²) < 4.78 is 19.1. The first kappa shape index (κ1) is 20.3. The number of fused-ring (bicyclic) bond motifs is 1. The lowest BCUT2D eigenvalue weighted by Gasteiger charge is -2.30. The highest BCUT2D eigenvalue weighted by Gasteiger charge is 2.29. The third kappa shape index (κ3) is 4.16. The summed E-state index contributed by atoms with van der Waals surface area (Å²) in [5, 5.41) is 0. The number of hydrogen-bond acceptors (Lipinski definition) is 4. The van der Waals surface area contributed by atoms with Crippen molar-refractivity contribution < 1.29 is 13.9 Å². The molecule has 6 nitrogen and oxygen atoms in total. The lowest BCUT2D eigenvalue weighted by Crippen LogP contribution is -2.43. The predicted octanol–water partition coefficient (Wildman–Crippen LogP) is 3.84. The van der Waals surface area contributed by atoms with Crippen LogP contribution < -0.4 is 4.74 Å². The summed E-state index contributed by atoms with van der Waals surface area (Å²) >= 11 is 0. The van der Waals surface area contributed by atoms with Crippen LogP contribution in [0, 0.1) is 5.82 Å². The Morgan fingerprint density at radius 2 is 2.17 bits per heavy atom. The number of imidazole rings is 1. The monoisotopic (exact) mass is 410 g/mol. The number of nitrogens with zero attached hydrogens (tertiary/aromatic N) is 3. The van der Waals surface area contributed by atoms with Crippen LogP contribution in [0.25, 0.3) is 11.0 Å². The van der Waals surface area contributed by atoms with Gasteiger partial charge in [0.15, 0.2) is 5.82 Å². The highest BCUT2D eigenvalue weighted by atomic mass is 19.1. The summed E-state index contributed by atoms with van der Waals surface area (Å²) in [5.74, 6) is 0.424. The summed E-state index contributed by atoms with van der Waals surface area (Å²) in [7, 11) is 1.63. The number of amides is 1. The molecule has 2 aromatic carbocycles. The number of likely N-dealkylation sites (tertiary alicyclic amines) is 1. The van der Waals surface area contributed by atoms with Gasteiger partial charge in [-0.2, -0.15) is 0 Å². The number of aromatic amines is 1. The van der Waals surface area contributed by atoms with Crippen molar-refractivity contribution in [3.05, 3.63) is 59.7 Å². The van der Waals surface area contributed by atoms with E-state index < -0.39 is 0 Å². The number of hydrogen-bond donors (Lipinski definition) is 1. The van der Waals surface area contributed by atoms with E-state index >= 15 is 0 Å². The molecule has 1 aliphatic heterocycles. The lowest BCUT2D eigenvalue weighted by atomic mass is 10.1. The summed E-state index contributed by atoms with van der Waals surface area (Å²) in [6.07, 6.45) is 2.20. The molecule has 0 saturated carbocycles. The lowest BCUT2D eigenvalue weighted by molar-refractivity contribution is 0.0680. The molecule has 30 heavy (non-hydrogen) atoms. The SMILES string of the molecule is CCN1CCCC1CN(Cc1ccccc1OC)C(=O)c1nc2ccc(F)cc2[nH]1. The fraction of sp³-hybridized carbons (Fsp3) is 0.391. The van der Waals surface area contributed by atoms with Crippen LogP contribution in [-0.2, 0) is 6.54 Å². The predicted molar refractivity (Wildman–Crippen MR) is 114 cm³/mol. The maximum Gasteiger partial charge on any atom is 0.290 e. The van der Waals surface area contributed by atoms with E-state index in [2.05, 4.69) is 21.8 Å². The number of carbonyl (C=O) groups excluding carboxylic acids is 1. The number of methoxy groups -OCH3 is 1. The number of halogens is 1. The van der Waals surface area contributed by atoms with E-state index in [0.717, 1.165) is 37.2 Å². The molecule has 0 aliphatic carbocycles. The minimum atomic E-state index is -0.361. The van der Waals surface area contributed by atoms with Crippen LogP contribution in [0.5, 0.6) is 5.75 Å². The van der Waals surface area contributed by atoms with E-state index in [4.69, 9.17) is 4.74 Å². The summed E-state index contributed by atoms with van der Waals surface area (Å²) in [6.45, 7) is 5.20. The highest BCUT2D eigenvalue weighted by molar-refractivity contribution is 5.94. The van der Waals surface area contributed by atoms with Crippen molar-refractivity contribution in [1.29, 1.82) is 0 Å². The molecule has 1 amide bonds. The van der Waals surface area contributed by atoms with E-state index in [1.54, 1.807) is 13.2 Å². The van der Waals surface area contributed by atoms with E-state index in [1.807, 2.05) is 29.2 Å². The fourth-order valence-corrected chi connectivity index (χ4v) is 4.26. The summed E-state index contributed by atoms with van der Waals surface area (Å²) in [4.78, 5) is 25.1. The van der Waals surface area contributed by atoms with Gasteiger partial charge in [-0.25, -0.2) is 9.37 Å². The Hall–Kier alpha value is -2.93. The number of para-hydroxylation sites is 1. The first-order valence-corrected chi connectivity index (χ1v) is 10.4. The number of H-pyrrole nitrogens is 1. The first-order valence-electron chi connectivity index (χ1n) is 10.4. The van der Waals surface area contributed by atoms with Gasteiger partial charge in [-0.15, -0.1) is 0 Å². The zero-order valence-corrected chi connectivity index (χ0v) is 17.4. The van der Waals surface area contributed by atoms with E-state index in [-0.39, 0.29) is 17.5 Å². The minimum Gasteiger partial charge on any atom is -0.496 e. The molecular weight excluding hydrogens is 383 g/mol. The number of ether oxygens (including phenoxy) is 1. The molecule has 0 bridgehead atoms. The molecule has 1 atom stereocenters. The smallest absolute Gasteiger partial charge is 0.290 e. The number of nitrogens with one attached hydrogen (secondary N) is 1. The van der Waals surface area contributed by atoms with Crippen molar-refractivity contribution in [1.82, 2.24) is 19.8 Å². The Kier molecular flexibility index (Phi) is 5.99. The van der Waals surface area contributed by atoms with Crippen molar-refractivity contribution in [2.75, 3.05) is 26.7 Å². The van der Waals surface area contributed by atoms with Crippen molar-refractivity contribution in [2.45, 2.75) is 32.4 Å². The number of likely N-dealkylation sites (N-methyl/N-ethyl adjacent to an activating group) is 1. The molecule has 1 N–H and O–H groups in total. The number of rotatable bonds is 7. The van der Waals surface area contributed by atoms with Gasteiger partial charge >= 0.3 is 0 Å². The number of carbonyl (C=O) groups is 1. The van der Waals surface area contributed by atoms with Crippen LogP contribution in [-0.4, -0.2) is 58.5 Å². The molecule has 158 valence electrons. The van der Waals surface area contributed by atoms with Crippen LogP contribution in [0.1, 0.15) is 35.9 Å². The van der Waals surface area contributed by atoms with Gasteiger partial charge in [0.05, 0.1) is 18.1 Å². The van der Waals surface area contributed by atoms with Gasteiger partial charge in [-0.05, 0) is 50.2 Å². The fourth-order valence-electron chi connectivity index (χ4n) is 4.26. The second-order valence-electron chi connectivity index (χ2n) is 7.67. The molecule has 1 aromatic heterocycles. The Balaban J connectivity index is 1.64. The zero-order valence-electron chi connectivity index (χ0n) is 17.4. The second kappa shape index (κ2) is 8.83. The molecule has 1 aliphatic rings. The van der Waals surface area contributed by atoms with Crippen molar-refractivity contribution in [3.8, 4) is 5.75 Å². The maximum absolute atomic E-state index is 13.6. The van der Waals surface area contributed by atoms with Gasteiger partial charge in [-0.1, -0.05) is 25.1 Å². The molecule has 1 fully saturated rings. The average molecular weight is 410 g/mol. The number of aromatic nitrogens is 2. The molecular formula is C23H27FN4O2. The third-order valence-electron chi connectivity index (χ3n) is 5.82. The molecule has 0 spiro atoms.